The van der Waals surface area contributed by atoms with Crippen LogP contribution >= 0.6 is 0 Å². The fourth-order valence-corrected chi connectivity index (χ4v) is 3.61. The molecule has 4 nitrogen and oxygen atoms in total. The van der Waals surface area contributed by atoms with Gasteiger partial charge >= 0.3 is 0 Å². The van der Waals surface area contributed by atoms with Gasteiger partial charge in [-0.3, -0.25) is 9.88 Å². The van der Waals surface area contributed by atoms with Crippen LogP contribution in [0.1, 0.15) is 24.5 Å². The molecule has 0 aliphatic carbocycles. The van der Waals surface area contributed by atoms with Gasteiger partial charge in [0, 0.05) is 36.8 Å². The second-order valence-corrected chi connectivity index (χ2v) is 6.78. The van der Waals surface area contributed by atoms with Gasteiger partial charge in [-0.2, -0.15) is 0 Å². The van der Waals surface area contributed by atoms with Crippen molar-refractivity contribution in [1.29, 1.82) is 0 Å². The van der Waals surface area contributed by atoms with Crippen molar-refractivity contribution in [3.05, 3.63) is 65.9 Å². The minimum Gasteiger partial charge on any atom is -0.497 e. The minimum atomic E-state index is 0.192. The molecular weight excluding hydrogens is 324 g/mol. The lowest BCUT2D eigenvalue weighted by Gasteiger charge is -2.23. The standard InChI is InChI=1S/C22H24N2O2/c1-3-18-15-24(14-17-12-19(25-2)9-10-22(17)26-18)13-16-6-4-8-21-20(16)7-5-11-23-21/h4-12,18H,3,13-15H2,1-2H3. The van der Waals surface area contributed by atoms with Crippen LogP contribution in [0.4, 0.5) is 0 Å². The van der Waals surface area contributed by atoms with Gasteiger partial charge in [0.15, 0.2) is 0 Å². The van der Waals surface area contributed by atoms with Crippen LogP contribution in [0.3, 0.4) is 0 Å². The normalized spacial score (nSPS) is 17.4. The van der Waals surface area contributed by atoms with Crippen molar-refractivity contribution in [2.75, 3.05) is 13.7 Å². The van der Waals surface area contributed by atoms with Crippen molar-refractivity contribution in [2.24, 2.45) is 0 Å². The highest BCUT2D eigenvalue weighted by Crippen LogP contribution is 2.30. The van der Waals surface area contributed by atoms with E-state index in [4.69, 9.17) is 9.47 Å². The van der Waals surface area contributed by atoms with Crippen LogP contribution in [0.2, 0.25) is 0 Å². The minimum absolute atomic E-state index is 0.192. The number of benzene rings is 2. The summed E-state index contributed by atoms with van der Waals surface area (Å²) >= 11 is 0. The molecule has 0 saturated heterocycles. The number of fused-ring (bicyclic) bond motifs is 2. The van der Waals surface area contributed by atoms with Gasteiger partial charge in [0.05, 0.1) is 12.6 Å². The van der Waals surface area contributed by atoms with Crippen LogP contribution in [-0.2, 0) is 13.1 Å². The van der Waals surface area contributed by atoms with Gasteiger partial charge < -0.3 is 9.47 Å². The smallest absolute Gasteiger partial charge is 0.124 e. The summed E-state index contributed by atoms with van der Waals surface area (Å²) in [5, 5.41) is 1.22. The Morgan fingerprint density at radius 1 is 1.19 bits per heavy atom. The van der Waals surface area contributed by atoms with Crippen molar-refractivity contribution in [3.8, 4) is 11.5 Å². The molecular formula is C22H24N2O2. The first-order valence-electron chi connectivity index (χ1n) is 9.15. The molecule has 0 N–H and O–H groups in total. The molecule has 3 aromatic rings. The van der Waals surface area contributed by atoms with Crippen molar-refractivity contribution in [2.45, 2.75) is 32.5 Å². The Bertz CT molecular complexity index is 904. The average Bonchev–Trinajstić information content (AvgIpc) is 2.86. The molecule has 1 aromatic heterocycles. The van der Waals surface area contributed by atoms with Gasteiger partial charge in [0.2, 0.25) is 0 Å². The molecule has 0 radical (unpaired) electrons. The van der Waals surface area contributed by atoms with Crippen LogP contribution in [0.15, 0.2) is 54.7 Å². The van der Waals surface area contributed by atoms with E-state index < -0.39 is 0 Å². The fraction of sp³-hybridized carbons (Fsp3) is 0.318. The average molecular weight is 348 g/mol. The van der Waals surface area contributed by atoms with Crippen LogP contribution in [-0.4, -0.2) is 29.6 Å². The van der Waals surface area contributed by atoms with Crippen molar-refractivity contribution in [3.63, 3.8) is 0 Å². The van der Waals surface area contributed by atoms with Crippen molar-refractivity contribution < 1.29 is 9.47 Å². The molecule has 1 aliphatic rings. The van der Waals surface area contributed by atoms with Crippen molar-refractivity contribution >= 4 is 10.9 Å². The number of hydrogen-bond donors (Lipinski definition) is 0. The molecule has 0 amide bonds. The summed E-state index contributed by atoms with van der Waals surface area (Å²) in [6.07, 6.45) is 3.03. The second-order valence-electron chi connectivity index (χ2n) is 6.78. The van der Waals surface area contributed by atoms with E-state index in [0.717, 1.165) is 43.1 Å². The van der Waals surface area contributed by atoms with Crippen LogP contribution in [0.25, 0.3) is 10.9 Å². The number of rotatable bonds is 4. The number of methoxy groups -OCH3 is 1. The molecule has 1 unspecified atom stereocenters. The summed E-state index contributed by atoms with van der Waals surface area (Å²) in [5.74, 6) is 1.84. The maximum atomic E-state index is 6.25. The third-order valence-corrected chi connectivity index (χ3v) is 5.00. The topological polar surface area (TPSA) is 34.6 Å². The van der Waals surface area contributed by atoms with E-state index in [1.165, 1.54) is 16.5 Å². The molecule has 1 atom stereocenters. The van der Waals surface area contributed by atoms with E-state index in [0.29, 0.717) is 0 Å². The highest BCUT2D eigenvalue weighted by atomic mass is 16.5. The molecule has 2 aromatic carbocycles. The van der Waals surface area contributed by atoms with E-state index in [2.05, 4.69) is 47.1 Å². The largest absolute Gasteiger partial charge is 0.497 e. The first kappa shape index (κ1) is 16.9. The molecule has 0 fully saturated rings. The van der Waals surface area contributed by atoms with Gasteiger partial charge in [-0.1, -0.05) is 25.1 Å². The van der Waals surface area contributed by atoms with Gasteiger partial charge in [-0.05, 0) is 42.3 Å². The van der Waals surface area contributed by atoms with E-state index in [9.17, 15) is 0 Å². The van der Waals surface area contributed by atoms with Gasteiger partial charge in [0.25, 0.3) is 0 Å². The fourth-order valence-electron chi connectivity index (χ4n) is 3.61. The predicted octanol–water partition coefficient (Wildman–Crippen LogP) is 4.42. The van der Waals surface area contributed by atoms with E-state index in [1.54, 1.807) is 7.11 Å². The highest BCUT2D eigenvalue weighted by molar-refractivity contribution is 5.81. The SMILES string of the molecule is CCC1CN(Cc2cccc3ncccc23)Cc2cc(OC)ccc2O1. The maximum absolute atomic E-state index is 6.25. The number of nitrogens with zero attached hydrogens (tertiary/aromatic N) is 2. The summed E-state index contributed by atoms with van der Waals surface area (Å²) in [5.41, 5.74) is 3.53. The monoisotopic (exact) mass is 348 g/mol. The molecule has 4 rings (SSSR count). The number of pyridine rings is 1. The Morgan fingerprint density at radius 3 is 2.96 bits per heavy atom. The Balaban J connectivity index is 1.66. The number of hydrogen-bond acceptors (Lipinski definition) is 4. The Hall–Kier alpha value is -2.59. The molecule has 0 bridgehead atoms. The third-order valence-electron chi connectivity index (χ3n) is 5.00. The molecule has 26 heavy (non-hydrogen) atoms. The van der Waals surface area contributed by atoms with Gasteiger partial charge in [0.1, 0.15) is 17.6 Å². The van der Waals surface area contributed by atoms with Crippen LogP contribution in [0, 0.1) is 0 Å². The lowest BCUT2D eigenvalue weighted by Crippen LogP contribution is -2.32. The van der Waals surface area contributed by atoms with Crippen molar-refractivity contribution in [1.82, 2.24) is 9.88 Å². The molecule has 134 valence electrons. The molecule has 0 saturated carbocycles. The molecule has 2 heterocycles. The highest BCUT2D eigenvalue weighted by Gasteiger charge is 2.23. The Morgan fingerprint density at radius 2 is 2.12 bits per heavy atom. The van der Waals surface area contributed by atoms with E-state index in [1.807, 2.05) is 24.4 Å². The van der Waals surface area contributed by atoms with Gasteiger partial charge in [-0.25, -0.2) is 0 Å². The second kappa shape index (κ2) is 7.34. The first-order chi connectivity index (χ1) is 12.8. The number of aromatic nitrogens is 1. The van der Waals surface area contributed by atoms with Crippen LogP contribution in [0.5, 0.6) is 11.5 Å². The summed E-state index contributed by atoms with van der Waals surface area (Å²) in [7, 11) is 1.70. The lowest BCUT2D eigenvalue weighted by atomic mass is 10.1. The van der Waals surface area contributed by atoms with E-state index in [-0.39, 0.29) is 6.10 Å². The number of ether oxygens (including phenoxy) is 2. The zero-order chi connectivity index (χ0) is 17.9. The van der Waals surface area contributed by atoms with E-state index >= 15 is 0 Å². The lowest BCUT2D eigenvalue weighted by molar-refractivity contribution is 0.139. The Labute approximate surface area is 154 Å². The quantitative estimate of drug-likeness (QED) is 0.699. The molecule has 4 heteroatoms. The summed E-state index contributed by atoms with van der Waals surface area (Å²) in [6, 6.07) is 16.6. The summed E-state index contributed by atoms with van der Waals surface area (Å²) < 4.78 is 11.7. The Kier molecular flexibility index (Phi) is 4.76. The summed E-state index contributed by atoms with van der Waals surface area (Å²) in [4.78, 5) is 6.94. The predicted molar refractivity (Wildman–Crippen MR) is 104 cm³/mol. The zero-order valence-corrected chi connectivity index (χ0v) is 15.3. The first-order valence-corrected chi connectivity index (χ1v) is 9.15. The molecule has 1 aliphatic heterocycles. The van der Waals surface area contributed by atoms with Gasteiger partial charge in [-0.15, -0.1) is 0 Å². The van der Waals surface area contributed by atoms with Crippen LogP contribution < -0.4 is 9.47 Å². The molecule has 0 spiro atoms. The summed E-state index contributed by atoms with van der Waals surface area (Å²) in [6.45, 7) is 4.81. The maximum Gasteiger partial charge on any atom is 0.124 e. The zero-order valence-electron chi connectivity index (χ0n) is 15.3. The third kappa shape index (κ3) is 3.37.